The van der Waals surface area contributed by atoms with Gasteiger partial charge in [0.2, 0.25) is 0 Å². The van der Waals surface area contributed by atoms with E-state index < -0.39 is 0 Å². The maximum Gasteiger partial charge on any atom is 0.123 e. The van der Waals surface area contributed by atoms with Gasteiger partial charge in [-0.2, -0.15) is 0 Å². The van der Waals surface area contributed by atoms with Gasteiger partial charge in [0.1, 0.15) is 11.9 Å². The van der Waals surface area contributed by atoms with Crippen molar-refractivity contribution in [2.75, 3.05) is 0 Å². The standard InChI is InChI=1S/C19H29NO/c1-13(2)15-6-8-19(20,9-7-15)12-17-11-16-10-14(3)4-5-18(16)21-17/h4-5,10,13,15,17H,6-9,11-12,20H2,1-3H3. The predicted octanol–water partition coefficient (Wildman–Crippen LogP) is 4.23. The van der Waals surface area contributed by atoms with Crippen LogP contribution in [0.15, 0.2) is 18.2 Å². The summed E-state index contributed by atoms with van der Waals surface area (Å²) in [5.74, 6) is 2.74. The number of ether oxygens (including phenoxy) is 1. The van der Waals surface area contributed by atoms with Crippen molar-refractivity contribution in [3.63, 3.8) is 0 Å². The zero-order valence-corrected chi connectivity index (χ0v) is 13.7. The Kier molecular flexibility index (Phi) is 4.00. The number of rotatable bonds is 3. The van der Waals surface area contributed by atoms with Gasteiger partial charge in [-0.05, 0) is 56.1 Å². The molecule has 1 aromatic carbocycles. The van der Waals surface area contributed by atoms with Gasteiger partial charge in [0.15, 0.2) is 0 Å². The summed E-state index contributed by atoms with van der Waals surface area (Å²) in [5, 5.41) is 0. The number of hydrogen-bond donors (Lipinski definition) is 1. The summed E-state index contributed by atoms with van der Waals surface area (Å²) in [5.41, 5.74) is 9.36. The van der Waals surface area contributed by atoms with Crippen LogP contribution < -0.4 is 10.5 Å². The Bertz CT molecular complexity index is 500. The van der Waals surface area contributed by atoms with Crippen LogP contribution in [-0.4, -0.2) is 11.6 Å². The van der Waals surface area contributed by atoms with Gasteiger partial charge in [-0.3, -0.25) is 0 Å². The predicted molar refractivity (Wildman–Crippen MR) is 87.6 cm³/mol. The molecule has 0 bridgehead atoms. The molecule has 2 heteroatoms. The van der Waals surface area contributed by atoms with E-state index in [9.17, 15) is 0 Å². The van der Waals surface area contributed by atoms with E-state index >= 15 is 0 Å². The maximum atomic E-state index is 6.69. The van der Waals surface area contributed by atoms with Crippen molar-refractivity contribution in [3.8, 4) is 5.75 Å². The molecule has 0 saturated heterocycles. The molecule has 2 aliphatic rings. The van der Waals surface area contributed by atoms with E-state index in [-0.39, 0.29) is 11.6 Å². The van der Waals surface area contributed by atoms with Crippen LogP contribution in [0.4, 0.5) is 0 Å². The molecule has 1 heterocycles. The average Bonchev–Trinajstić information content (AvgIpc) is 2.79. The lowest BCUT2D eigenvalue weighted by molar-refractivity contribution is 0.127. The molecular weight excluding hydrogens is 258 g/mol. The summed E-state index contributed by atoms with van der Waals surface area (Å²) in [6, 6.07) is 6.50. The van der Waals surface area contributed by atoms with Crippen LogP contribution in [-0.2, 0) is 6.42 Å². The Morgan fingerprint density at radius 1 is 1.29 bits per heavy atom. The Morgan fingerprint density at radius 3 is 2.67 bits per heavy atom. The van der Waals surface area contributed by atoms with Crippen LogP contribution in [0.5, 0.6) is 5.75 Å². The quantitative estimate of drug-likeness (QED) is 0.903. The molecule has 21 heavy (non-hydrogen) atoms. The van der Waals surface area contributed by atoms with E-state index in [2.05, 4.69) is 39.0 Å². The fourth-order valence-corrected chi connectivity index (χ4v) is 4.10. The minimum Gasteiger partial charge on any atom is -0.490 e. The highest BCUT2D eigenvalue weighted by molar-refractivity contribution is 5.40. The monoisotopic (exact) mass is 287 g/mol. The maximum absolute atomic E-state index is 6.69. The Hall–Kier alpha value is -1.02. The highest BCUT2D eigenvalue weighted by atomic mass is 16.5. The molecule has 2 nitrogen and oxygen atoms in total. The van der Waals surface area contributed by atoms with Crippen LogP contribution in [0, 0.1) is 18.8 Å². The molecule has 1 aliphatic carbocycles. The first-order chi connectivity index (χ1) is 9.95. The summed E-state index contributed by atoms with van der Waals surface area (Å²) < 4.78 is 6.12. The summed E-state index contributed by atoms with van der Waals surface area (Å²) in [7, 11) is 0. The summed E-state index contributed by atoms with van der Waals surface area (Å²) in [6.45, 7) is 6.83. The molecular formula is C19H29NO. The third-order valence-electron chi connectivity index (χ3n) is 5.56. The molecule has 0 radical (unpaired) electrons. The summed E-state index contributed by atoms with van der Waals surface area (Å²) in [4.78, 5) is 0. The molecule has 0 spiro atoms. The van der Waals surface area contributed by atoms with Crippen molar-refractivity contribution in [1.82, 2.24) is 0 Å². The highest BCUT2D eigenvalue weighted by Gasteiger charge is 2.37. The van der Waals surface area contributed by atoms with Crippen LogP contribution in [0.2, 0.25) is 0 Å². The molecule has 116 valence electrons. The number of nitrogens with two attached hydrogens (primary N) is 1. The second-order valence-electron chi connectivity index (χ2n) is 7.70. The van der Waals surface area contributed by atoms with Crippen molar-refractivity contribution in [2.24, 2.45) is 17.6 Å². The second-order valence-corrected chi connectivity index (χ2v) is 7.70. The first kappa shape index (κ1) is 14.9. The lowest BCUT2D eigenvalue weighted by Crippen LogP contribution is -2.47. The van der Waals surface area contributed by atoms with E-state index in [1.54, 1.807) is 0 Å². The topological polar surface area (TPSA) is 35.2 Å². The van der Waals surface area contributed by atoms with Gasteiger partial charge in [-0.15, -0.1) is 0 Å². The lowest BCUT2D eigenvalue weighted by atomic mass is 9.71. The van der Waals surface area contributed by atoms with Crippen LogP contribution in [0.3, 0.4) is 0 Å². The number of fused-ring (bicyclic) bond motifs is 1. The molecule has 1 fully saturated rings. The molecule has 1 saturated carbocycles. The molecule has 1 aliphatic heterocycles. The van der Waals surface area contributed by atoms with Gasteiger partial charge >= 0.3 is 0 Å². The van der Waals surface area contributed by atoms with Crippen molar-refractivity contribution >= 4 is 0 Å². The minimum atomic E-state index is -0.00680. The molecule has 0 aromatic heterocycles. The molecule has 2 N–H and O–H groups in total. The number of hydrogen-bond acceptors (Lipinski definition) is 2. The molecule has 1 atom stereocenters. The fourth-order valence-electron chi connectivity index (χ4n) is 4.10. The van der Waals surface area contributed by atoms with Gasteiger partial charge in [0.05, 0.1) is 0 Å². The lowest BCUT2D eigenvalue weighted by Gasteiger charge is -2.39. The SMILES string of the molecule is Cc1ccc2c(c1)CC(CC1(N)CCC(C(C)C)CC1)O2. The van der Waals surface area contributed by atoms with E-state index in [0.29, 0.717) is 0 Å². The van der Waals surface area contributed by atoms with Crippen molar-refractivity contribution in [1.29, 1.82) is 0 Å². The van der Waals surface area contributed by atoms with Crippen molar-refractivity contribution < 1.29 is 4.74 Å². The van der Waals surface area contributed by atoms with E-state index in [4.69, 9.17) is 10.5 Å². The molecule has 1 aromatic rings. The fraction of sp³-hybridized carbons (Fsp3) is 0.684. The third kappa shape index (κ3) is 3.26. The van der Waals surface area contributed by atoms with Gasteiger partial charge in [-0.25, -0.2) is 0 Å². The van der Waals surface area contributed by atoms with E-state index in [1.165, 1.54) is 24.0 Å². The minimum absolute atomic E-state index is 0.00680. The number of benzene rings is 1. The Morgan fingerprint density at radius 2 is 2.00 bits per heavy atom. The average molecular weight is 287 g/mol. The second kappa shape index (κ2) is 5.64. The van der Waals surface area contributed by atoms with Crippen LogP contribution in [0.1, 0.15) is 57.1 Å². The Balaban J connectivity index is 1.59. The number of aryl methyl sites for hydroxylation is 1. The van der Waals surface area contributed by atoms with E-state index in [1.807, 2.05) is 0 Å². The van der Waals surface area contributed by atoms with Gasteiger partial charge in [-0.1, -0.05) is 31.5 Å². The molecule has 1 unspecified atom stereocenters. The van der Waals surface area contributed by atoms with Gasteiger partial charge in [0.25, 0.3) is 0 Å². The normalized spacial score (nSPS) is 32.0. The Labute approximate surface area is 129 Å². The first-order valence-corrected chi connectivity index (χ1v) is 8.50. The smallest absolute Gasteiger partial charge is 0.123 e. The molecule has 0 amide bonds. The van der Waals surface area contributed by atoms with E-state index in [0.717, 1.165) is 43.3 Å². The largest absolute Gasteiger partial charge is 0.490 e. The van der Waals surface area contributed by atoms with Gasteiger partial charge in [0, 0.05) is 18.4 Å². The summed E-state index contributed by atoms with van der Waals surface area (Å²) in [6.07, 6.45) is 7.20. The summed E-state index contributed by atoms with van der Waals surface area (Å²) >= 11 is 0. The van der Waals surface area contributed by atoms with Crippen molar-refractivity contribution in [2.45, 2.75) is 70.9 Å². The molecule has 3 rings (SSSR count). The van der Waals surface area contributed by atoms with Gasteiger partial charge < -0.3 is 10.5 Å². The zero-order valence-electron chi connectivity index (χ0n) is 13.7. The third-order valence-corrected chi connectivity index (χ3v) is 5.56. The van der Waals surface area contributed by atoms with Crippen LogP contribution in [0.25, 0.3) is 0 Å². The van der Waals surface area contributed by atoms with Crippen molar-refractivity contribution in [3.05, 3.63) is 29.3 Å². The zero-order chi connectivity index (χ0) is 15.0. The van der Waals surface area contributed by atoms with Crippen LogP contribution >= 0.6 is 0 Å². The first-order valence-electron chi connectivity index (χ1n) is 8.50. The highest BCUT2D eigenvalue weighted by Crippen LogP contribution is 2.39.